The Kier molecular flexibility index (Phi) is 5.82. The van der Waals surface area contributed by atoms with Gasteiger partial charge in [-0.05, 0) is 37.4 Å². The number of thioether (sulfide) groups is 1. The lowest BCUT2D eigenvalue weighted by Gasteiger charge is -2.37. The van der Waals surface area contributed by atoms with Crippen LogP contribution in [-0.2, 0) is 0 Å². The van der Waals surface area contributed by atoms with Crippen LogP contribution in [0.3, 0.4) is 0 Å². The quantitative estimate of drug-likeness (QED) is 0.752. The fourth-order valence-electron chi connectivity index (χ4n) is 2.78. The molecule has 3 heteroatoms. The molecule has 0 bridgehead atoms. The molecule has 1 saturated heterocycles. The van der Waals surface area contributed by atoms with Gasteiger partial charge in [0.15, 0.2) is 0 Å². The summed E-state index contributed by atoms with van der Waals surface area (Å²) in [6.07, 6.45) is 5.43. The second-order valence-electron chi connectivity index (χ2n) is 5.85. The summed E-state index contributed by atoms with van der Waals surface area (Å²) in [5, 5.41) is 9.24. The second-order valence-corrected chi connectivity index (χ2v) is 7.04. The van der Waals surface area contributed by atoms with Crippen LogP contribution in [0.2, 0.25) is 0 Å². The Morgan fingerprint density at radius 1 is 1.29 bits per heavy atom. The first-order valence-electron chi connectivity index (χ1n) is 6.70. The zero-order chi connectivity index (χ0) is 12.9. The molecule has 1 heterocycles. The average Bonchev–Trinajstić information content (AvgIpc) is 2.29. The Morgan fingerprint density at radius 3 is 2.29 bits per heavy atom. The van der Waals surface area contributed by atoms with E-state index < -0.39 is 0 Å². The number of likely N-dealkylation sites (tertiary alicyclic amines) is 1. The molecule has 0 saturated carbocycles. The number of piperidine rings is 1. The third-order valence-corrected chi connectivity index (χ3v) is 4.98. The molecule has 0 N–H and O–H groups in total. The highest BCUT2D eigenvalue weighted by Crippen LogP contribution is 2.34. The van der Waals surface area contributed by atoms with Crippen molar-refractivity contribution in [3.05, 3.63) is 0 Å². The fraction of sp³-hybridized carbons (Fsp3) is 0.929. The Balaban J connectivity index is 2.35. The van der Waals surface area contributed by atoms with Crippen molar-refractivity contribution in [1.29, 1.82) is 5.26 Å². The Morgan fingerprint density at radius 2 is 1.88 bits per heavy atom. The molecule has 1 atom stereocenters. The minimum atomic E-state index is -0.0994. The lowest BCUT2D eigenvalue weighted by Crippen LogP contribution is -2.43. The van der Waals surface area contributed by atoms with E-state index >= 15 is 0 Å². The van der Waals surface area contributed by atoms with Crippen LogP contribution in [-0.4, -0.2) is 35.5 Å². The van der Waals surface area contributed by atoms with Crippen LogP contribution in [0.1, 0.15) is 40.0 Å². The van der Waals surface area contributed by atoms with Crippen molar-refractivity contribution in [3.8, 4) is 6.07 Å². The van der Waals surface area contributed by atoms with Crippen molar-refractivity contribution < 1.29 is 0 Å². The summed E-state index contributed by atoms with van der Waals surface area (Å²) in [7, 11) is 0. The number of hydrogen-bond acceptors (Lipinski definition) is 3. The first-order valence-corrected chi connectivity index (χ1v) is 7.92. The molecular formula is C14H26N2S. The van der Waals surface area contributed by atoms with Gasteiger partial charge in [-0.1, -0.05) is 20.8 Å². The van der Waals surface area contributed by atoms with Crippen LogP contribution in [0, 0.1) is 23.2 Å². The van der Waals surface area contributed by atoms with E-state index in [1.807, 2.05) is 0 Å². The van der Waals surface area contributed by atoms with E-state index in [4.69, 9.17) is 0 Å². The summed E-state index contributed by atoms with van der Waals surface area (Å²) >= 11 is 1.74. The molecule has 1 fully saturated rings. The molecule has 1 rings (SSSR count). The minimum Gasteiger partial charge on any atom is -0.303 e. The van der Waals surface area contributed by atoms with Gasteiger partial charge in [-0.3, -0.25) is 0 Å². The van der Waals surface area contributed by atoms with E-state index in [9.17, 15) is 5.26 Å². The van der Waals surface area contributed by atoms with Crippen molar-refractivity contribution in [2.45, 2.75) is 44.8 Å². The van der Waals surface area contributed by atoms with Crippen LogP contribution in [0.25, 0.3) is 0 Å². The average molecular weight is 254 g/mol. The molecule has 1 aliphatic heterocycles. The number of nitrogens with zero attached hydrogens (tertiary/aromatic N) is 2. The summed E-state index contributed by atoms with van der Waals surface area (Å²) in [6.45, 7) is 10.3. The molecule has 0 radical (unpaired) electrons. The maximum Gasteiger partial charge on any atom is 0.104 e. The molecule has 0 aromatic heterocycles. The van der Waals surface area contributed by atoms with Crippen molar-refractivity contribution in [2.24, 2.45) is 11.8 Å². The Hall–Kier alpha value is -0.200. The zero-order valence-electron chi connectivity index (χ0n) is 11.7. The Labute approximate surface area is 111 Å². The molecular weight excluding hydrogens is 228 g/mol. The summed E-state index contributed by atoms with van der Waals surface area (Å²) in [5.74, 6) is 1.57. The molecule has 0 aromatic rings. The maximum absolute atomic E-state index is 9.24. The monoisotopic (exact) mass is 254 g/mol. The van der Waals surface area contributed by atoms with E-state index in [1.165, 1.54) is 13.0 Å². The maximum atomic E-state index is 9.24. The van der Waals surface area contributed by atoms with Gasteiger partial charge in [0, 0.05) is 19.6 Å². The standard InChI is InChI=1S/C14H26N2S/c1-12(2)9-13(3)10-16-7-5-14(11-15,17-4)6-8-16/h12-13H,5-10H2,1-4H3. The van der Waals surface area contributed by atoms with E-state index in [1.54, 1.807) is 11.8 Å². The minimum absolute atomic E-state index is 0.0994. The van der Waals surface area contributed by atoms with Crippen LogP contribution in [0.15, 0.2) is 0 Å². The van der Waals surface area contributed by atoms with Gasteiger partial charge < -0.3 is 4.90 Å². The highest BCUT2D eigenvalue weighted by Gasteiger charge is 2.33. The SMILES string of the molecule is CSC1(C#N)CCN(CC(C)CC(C)C)CC1. The third kappa shape index (κ3) is 4.52. The predicted molar refractivity (Wildman–Crippen MR) is 76.2 cm³/mol. The highest BCUT2D eigenvalue weighted by molar-refractivity contribution is 8.00. The summed E-state index contributed by atoms with van der Waals surface area (Å²) in [4.78, 5) is 2.54. The zero-order valence-corrected chi connectivity index (χ0v) is 12.5. The number of rotatable bonds is 5. The second kappa shape index (κ2) is 6.66. The molecule has 2 nitrogen and oxygen atoms in total. The van der Waals surface area contributed by atoms with Crippen LogP contribution >= 0.6 is 11.8 Å². The molecule has 1 unspecified atom stereocenters. The number of hydrogen-bond donors (Lipinski definition) is 0. The van der Waals surface area contributed by atoms with E-state index in [0.29, 0.717) is 0 Å². The van der Waals surface area contributed by atoms with Gasteiger partial charge in [0.25, 0.3) is 0 Å². The fourth-order valence-corrected chi connectivity index (χ4v) is 3.46. The molecule has 0 spiro atoms. The van der Waals surface area contributed by atoms with Crippen molar-refractivity contribution in [2.75, 3.05) is 25.9 Å². The van der Waals surface area contributed by atoms with E-state index in [-0.39, 0.29) is 4.75 Å². The van der Waals surface area contributed by atoms with Gasteiger partial charge in [-0.25, -0.2) is 0 Å². The molecule has 0 aromatic carbocycles. The van der Waals surface area contributed by atoms with E-state index in [2.05, 4.69) is 38.0 Å². The van der Waals surface area contributed by atoms with Gasteiger partial charge in [0.2, 0.25) is 0 Å². The van der Waals surface area contributed by atoms with Crippen molar-refractivity contribution >= 4 is 11.8 Å². The van der Waals surface area contributed by atoms with Gasteiger partial charge in [-0.15, -0.1) is 11.8 Å². The van der Waals surface area contributed by atoms with Crippen LogP contribution in [0.4, 0.5) is 0 Å². The van der Waals surface area contributed by atoms with Crippen molar-refractivity contribution in [1.82, 2.24) is 4.90 Å². The molecule has 17 heavy (non-hydrogen) atoms. The predicted octanol–water partition coefficient (Wildman–Crippen LogP) is 3.39. The first kappa shape index (κ1) is 14.9. The first-order chi connectivity index (χ1) is 8.01. The molecule has 98 valence electrons. The molecule has 0 amide bonds. The van der Waals surface area contributed by atoms with Crippen LogP contribution in [0.5, 0.6) is 0 Å². The largest absolute Gasteiger partial charge is 0.303 e. The highest BCUT2D eigenvalue weighted by atomic mass is 32.2. The summed E-state index contributed by atoms with van der Waals surface area (Å²) in [5.41, 5.74) is 0. The summed E-state index contributed by atoms with van der Waals surface area (Å²) < 4.78 is -0.0994. The lowest BCUT2D eigenvalue weighted by atomic mass is 9.94. The van der Waals surface area contributed by atoms with Gasteiger partial charge in [0.05, 0.1) is 6.07 Å². The van der Waals surface area contributed by atoms with Gasteiger partial charge in [-0.2, -0.15) is 5.26 Å². The lowest BCUT2D eigenvalue weighted by molar-refractivity contribution is 0.182. The summed E-state index contributed by atoms with van der Waals surface area (Å²) in [6, 6.07) is 2.51. The Bertz CT molecular complexity index is 262. The third-order valence-electron chi connectivity index (χ3n) is 3.70. The molecule has 1 aliphatic rings. The number of nitriles is 1. The van der Waals surface area contributed by atoms with Crippen molar-refractivity contribution in [3.63, 3.8) is 0 Å². The topological polar surface area (TPSA) is 27.0 Å². The smallest absolute Gasteiger partial charge is 0.104 e. The van der Waals surface area contributed by atoms with Gasteiger partial charge in [0.1, 0.15) is 4.75 Å². The van der Waals surface area contributed by atoms with Crippen LogP contribution < -0.4 is 0 Å². The van der Waals surface area contributed by atoms with Gasteiger partial charge >= 0.3 is 0 Å². The normalized spacial score (nSPS) is 22.4. The molecule has 0 aliphatic carbocycles. The van der Waals surface area contributed by atoms with E-state index in [0.717, 1.165) is 37.8 Å².